The van der Waals surface area contributed by atoms with Gasteiger partial charge in [0.15, 0.2) is 0 Å². The van der Waals surface area contributed by atoms with Crippen LogP contribution in [0.3, 0.4) is 0 Å². The number of unbranched alkanes of at least 4 members (excludes halogenated alkanes) is 3. The first kappa shape index (κ1) is 32.5. The van der Waals surface area contributed by atoms with Gasteiger partial charge in [-0.25, -0.2) is 0 Å². The first-order chi connectivity index (χ1) is 16.7. The molecule has 1 fully saturated rings. The molecule has 0 aliphatic heterocycles. The Morgan fingerprint density at radius 1 is 0.771 bits per heavy atom. The van der Waals surface area contributed by atoms with Gasteiger partial charge in [-0.2, -0.15) is 0 Å². The number of ether oxygens (including phenoxy) is 2. The number of allylic oxidation sites excluding steroid dienone is 2. The van der Waals surface area contributed by atoms with E-state index in [1.54, 1.807) is 0 Å². The summed E-state index contributed by atoms with van der Waals surface area (Å²) in [5.74, 6) is -0.876. The van der Waals surface area contributed by atoms with Crippen molar-refractivity contribution in [1.82, 2.24) is 0 Å². The van der Waals surface area contributed by atoms with E-state index in [9.17, 15) is 9.59 Å². The van der Waals surface area contributed by atoms with Crippen molar-refractivity contribution in [2.45, 2.75) is 124 Å². The Morgan fingerprint density at radius 3 is 1.51 bits per heavy atom. The fourth-order valence-electron chi connectivity index (χ4n) is 5.96. The van der Waals surface area contributed by atoms with Crippen molar-refractivity contribution in [2.24, 2.45) is 5.41 Å². The summed E-state index contributed by atoms with van der Waals surface area (Å²) in [6.07, 6.45) is 8.46. The Balaban J connectivity index is 3.81. The average molecular weight is 614 g/mol. The van der Waals surface area contributed by atoms with E-state index in [1.165, 1.54) is 95.3 Å². The van der Waals surface area contributed by atoms with Crippen LogP contribution in [0.4, 0.5) is 0 Å². The second kappa shape index (κ2) is 15.6. The summed E-state index contributed by atoms with van der Waals surface area (Å²) in [5.41, 5.74) is 3.91. The monoisotopic (exact) mass is 614 g/mol. The van der Waals surface area contributed by atoms with Gasteiger partial charge in [0.2, 0.25) is 0 Å². The summed E-state index contributed by atoms with van der Waals surface area (Å²) in [5, 5.41) is 0. The number of hydrogen-bond donors (Lipinski definition) is 0. The van der Waals surface area contributed by atoms with Gasteiger partial charge in [-0.15, -0.1) is 0 Å². The zero-order valence-corrected chi connectivity index (χ0v) is 28.0. The molecule has 0 amide bonds. The molecule has 4 nitrogen and oxygen atoms in total. The predicted octanol–water partition coefficient (Wildman–Crippen LogP) is 8.40. The third kappa shape index (κ3) is 8.21. The van der Waals surface area contributed by atoms with Gasteiger partial charge in [0.25, 0.3) is 0 Å². The normalized spacial score (nSPS) is 18.3. The Bertz CT molecular complexity index is 693. The fraction of sp³-hybridized carbons (Fsp3) is 0.793. The molecule has 0 radical (unpaired) electrons. The topological polar surface area (TPSA) is 52.6 Å². The maximum atomic E-state index is 13.1. The van der Waals surface area contributed by atoms with E-state index >= 15 is 0 Å². The minimum atomic E-state index is -2.65. The van der Waals surface area contributed by atoms with Crippen LogP contribution >= 0.6 is 0 Å². The van der Waals surface area contributed by atoms with Gasteiger partial charge in [0, 0.05) is 0 Å². The van der Waals surface area contributed by atoms with Crippen molar-refractivity contribution in [3.63, 3.8) is 0 Å². The van der Waals surface area contributed by atoms with Crippen LogP contribution in [0.25, 0.3) is 0 Å². The van der Waals surface area contributed by atoms with Gasteiger partial charge in [0.05, 0.1) is 0 Å². The van der Waals surface area contributed by atoms with Crippen LogP contribution in [0.15, 0.2) is 20.9 Å². The quantitative estimate of drug-likeness (QED) is 0.0997. The minimum absolute atomic E-state index is 0.435. The van der Waals surface area contributed by atoms with Crippen molar-refractivity contribution in [3.8, 4) is 0 Å². The SMILES string of the molecule is CCC[CH2][Sn](/[CH]=C1/CC(C(=O)OC)(C(=O)OC)C/C1=C/[Si](CC)(CC)CC)([CH2]CCC)[CH2]CCC. The van der Waals surface area contributed by atoms with Gasteiger partial charge in [-0.05, 0) is 0 Å². The molecule has 0 unspecified atom stereocenters. The van der Waals surface area contributed by atoms with Crippen molar-refractivity contribution in [1.29, 1.82) is 0 Å². The molecular formula is C29H54O4SiSn. The van der Waals surface area contributed by atoms with Gasteiger partial charge >= 0.3 is 222 Å². The van der Waals surface area contributed by atoms with E-state index in [4.69, 9.17) is 9.47 Å². The van der Waals surface area contributed by atoms with E-state index in [-0.39, 0.29) is 0 Å². The van der Waals surface area contributed by atoms with E-state index in [0.29, 0.717) is 12.8 Å². The Labute approximate surface area is 221 Å². The molecule has 1 rings (SSSR count). The number of carbonyl (C=O) groups is 2. The van der Waals surface area contributed by atoms with E-state index in [2.05, 4.69) is 51.3 Å². The van der Waals surface area contributed by atoms with Crippen molar-refractivity contribution in [2.75, 3.05) is 14.2 Å². The standard InChI is InChI=1S/C17H27O4Si.3C4H9.Sn/c1-7-22(8-2,9-3)12-14-11-17(10-13(14)4,15(18)20-5)16(19)21-6;3*1-3-4-2;/h4,12H,7-11H2,1-3,5-6H3;3*1,3-4H2,2H3;/b13-4?,14-12-;;;;. The number of esters is 2. The Kier molecular flexibility index (Phi) is 14.5. The first-order valence-corrected chi connectivity index (χ1v) is 24.7. The van der Waals surface area contributed by atoms with E-state index < -0.39 is 43.8 Å². The third-order valence-corrected chi connectivity index (χ3v) is 28.2. The molecule has 0 atom stereocenters. The van der Waals surface area contributed by atoms with Gasteiger partial charge in [-0.3, -0.25) is 0 Å². The summed E-state index contributed by atoms with van der Waals surface area (Å²) in [6.45, 7) is 13.8. The molecule has 0 saturated heterocycles. The molecule has 6 heteroatoms. The molecule has 0 aromatic rings. The van der Waals surface area contributed by atoms with E-state index in [1.807, 2.05) is 0 Å². The molecular weight excluding hydrogens is 559 g/mol. The molecule has 0 aromatic heterocycles. The zero-order valence-electron chi connectivity index (χ0n) is 24.2. The summed E-state index contributed by atoms with van der Waals surface area (Å²) >= 11 is -2.65. The molecule has 0 bridgehead atoms. The zero-order chi connectivity index (χ0) is 26.5. The Hall–Kier alpha value is -0.564. The van der Waals surface area contributed by atoms with Crippen LogP contribution in [0, 0.1) is 5.41 Å². The van der Waals surface area contributed by atoms with Crippen LogP contribution < -0.4 is 0 Å². The van der Waals surface area contributed by atoms with Crippen molar-refractivity contribution in [3.05, 3.63) is 20.9 Å². The van der Waals surface area contributed by atoms with E-state index in [0.717, 1.165) is 0 Å². The molecule has 0 heterocycles. The molecule has 0 aromatic carbocycles. The molecule has 1 aliphatic carbocycles. The molecule has 1 aliphatic rings. The molecule has 35 heavy (non-hydrogen) atoms. The third-order valence-electron chi connectivity index (χ3n) is 8.71. The number of methoxy groups -OCH3 is 2. The van der Waals surface area contributed by atoms with Gasteiger partial charge in [-0.1, -0.05) is 0 Å². The number of rotatable bonds is 16. The average Bonchev–Trinajstić information content (AvgIpc) is 3.25. The molecule has 0 spiro atoms. The second-order valence-electron chi connectivity index (χ2n) is 10.9. The van der Waals surface area contributed by atoms with Crippen LogP contribution in [-0.4, -0.2) is 52.6 Å². The molecule has 0 N–H and O–H groups in total. The van der Waals surface area contributed by atoms with Crippen LogP contribution in [-0.2, 0) is 19.1 Å². The van der Waals surface area contributed by atoms with Gasteiger partial charge in [0.1, 0.15) is 0 Å². The fourth-order valence-corrected chi connectivity index (χ4v) is 24.5. The van der Waals surface area contributed by atoms with Crippen molar-refractivity contribution >= 4 is 38.4 Å². The Morgan fingerprint density at radius 2 is 1.17 bits per heavy atom. The molecule has 1 saturated carbocycles. The van der Waals surface area contributed by atoms with Crippen LogP contribution in [0.2, 0.25) is 31.4 Å². The first-order valence-electron chi connectivity index (χ1n) is 14.3. The van der Waals surface area contributed by atoms with Gasteiger partial charge < -0.3 is 0 Å². The maximum absolute atomic E-state index is 13.1. The van der Waals surface area contributed by atoms with Crippen LogP contribution in [0.1, 0.15) is 92.9 Å². The van der Waals surface area contributed by atoms with Crippen LogP contribution in [0.5, 0.6) is 0 Å². The van der Waals surface area contributed by atoms with Crippen molar-refractivity contribution < 1.29 is 19.1 Å². The second-order valence-corrected chi connectivity index (χ2v) is 28.9. The number of hydrogen-bond acceptors (Lipinski definition) is 4. The predicted molar refractivity (Wildman–Crippen MR) is 154 cm³/mol. The summed E-state index contributed by atoms with van der Waals surface area (Å²) in [6, 6.07) is 3.57. The summed E-state index contributed by atoms with van der Waals surface area (Å²) in [4.78, 5) is 26.3. The molecule has 202 valence electrons. The summed E-state index contributed by atoms with van der Waals surface area (Å²) in [7, 11) is 1.18. The summed E-state index contributed by atoms with van der Waals surface area (Å²) < 4.78 is 17.3. The number of carbonyl (C=O) groups excluding carboxylic acids is 2.